The zero-order valence-electron chi connectivity index (χ0n) is 25.8. The number of carbonyl (C=O) groups is 2. The van der Waals surface area contributed by atoms with Crippen LogP contribution in [-0.4, -0.2) is 66.7 Å². The average molecular weight is 602 g/mol. The summed E-state index contributed by atoms with van der Waals surface area (Å²) in [6.45, 7) is 8.25. The Morgan fingerprint density at radius 3 is 2.52 bits per heavy atom. The van der Waals surface area contributed by atoms with E-state index >= 15 is 0 Å². The summed E-state index contributed by atoms with van der Waals surface area (Å²) in [5.41, 5.74) is 4.68. The lowest BCUT2D eigenvalue weighted by Gasteiger charge is -2.37. The second-order valence-corrected chi connectivity index (χ2v) is 12.6. The van der Waals surface area contributed by atoms with Crippen molar-refractivity contribution in [2.24, 2.45) is 5.41 Å². The van der Waals surface area contributed by atoms with Gasteiger partial charge in [-0.2, -0.15) is 0 Å². The lowest BCUT2D eigenvalue weighted by Crippen LogP contribution is -2.52. The molecule has 2 aliphatic rings. The number of likely N-dealkylation sites (tertiary alicyclic amines) is 1. The van der Waals surface area contributed by atoms with E-state index in [1.807, 2.05) is 42.5 Å². The number of fused-ring (bicyclic) bond motifs is 1. The van der Waals surface area contributed by atoms with Crippen LogP contribution in [0.2, 0.25) is 0 Å². The summed E-state index contributed by atoms with van der Waals surface area (Å²) in [7, 11) is 0. The zero-order chi connectivity index (χ0) is 31.1. The van der Waals surface area contributed by atoms with Crippen LogP contribution in [0.4, 0.5) is 4.79 Å². The van der Waals surface area contributed by atoms with Gasteiger partial charge in [-0.1, -0.05) is 75.4 Å². The van der Waals surface area contributed by atoms with Gasteiger partial charge in [0, 0.05) is 43.1 Å². The zero-order valence-corrected chi connectivity index (χ0v) is 25.8. The average Bonchev–Trinajstić information content (AvgIpc) is 3.47. The Hall–Kier alpha value is -3.92. The summed E-state index contributed by atoms with van der Waals surface area (Å²) >= 11 is 0. The molecule has 0 aliphatic carbocycles. The van der Waals surface area contributed by atoms with E-state index in [0.29, 0.717) is 31.9 Å². The van der Waals surface area contributed by atoms with E-state index in [1.54, 1.807) is 17.0 Å². The SMILES string of the molecule is CC(C)(C)C1C(NC/C(=C/c2ccc(C(=O)NOC3CCCCO3)cc2)COc2cccc3ccccc23)CCN1C(=O)O. The Kier molecular flexibility index (Phi) is 10.2. The molecule has 234 valence electrons. The molecule has 9 heteroatoms. The molecule has 9 nitrogen and oxygen atoms in total. The number of hydrogen-bond donors (Lipinski definition) is 3. The Morgan fingerprint density at radius 1 is 1.02 bits per heavy atom. The maximum atomic E-state index is 12.6. The minimum Gasteiger partial charge on any atom is -0.489 e. The number of rotatable bonds is 10. The van der Waals surface area contributed by atoms with Crippen molar-refractivity contribution in [2.75, 3.05) is 26.3 Å². The van der Waals surface area contributed by atoms with Crippen LogP contribution in [0.1, 0.15) is 62.4 Å². The third kappa shape index (κ3) is 7.96. The molecule has 3 aromatic rings. The molecule has 44 heavy (non-hydrogen) atoms. The molecule has 0 saturated carbocycles. The molecule has 0 radical (unpaired) electrons. The first kappa shape index (κ1) is 31.5. The third-order valence-electron chi connectivity index (χ3n) is 8.25. The van der Waals surface area contributed by atoms with Gasteiger partial charge in [-0.3, -0.25) is 4.79 Å². The van der Waals surface area contributed by atoms with Crippen molar-refractivity contribution >= 4 is 28.8 Å². The van der Waals surface area contributed by atoms with Gasteiger partial charge in [-0.15, -0.1) is 0 Å². The van der Waals surface area contributed by atoms with Crippen molar-refractivity contribution in [3.8, 4) is 5.75 Å². The topological polar surface area (TPSA) is 109 Å². The minimum absolute atomic E-state index is 0.00581. The third-order valence-corrected chi connectivity index (χ3v) is 8.25. The highest BCUT2D eigenvalue weighted by atomic mass is 16.8. The number of carbonyl (C=O) groups excluding carboxylic acids is 1. The van der Waals surface area contributed by atoms with Crippen LogP contribution >= 0.6 is 0 Å². The summed E-state index contributed by atoms with van der Waals surface area (Å²) in [6.07, 6.45) is 4.28. The molecular weight excluding hydrogens is 558 g/mol. The molecule has 3 aromatic carbocycles. The fourth-order valence-electron chi connectivity index (χ4n) is 6.14. The second-order valence-electron chi connectivity index (χ2n) is 12.6. The molecule has 2 aliphatic heterocycles. The lowest BCUT2D eigenvalue weighted by molar-refractivity contribution is -0.186. The van der Waals surface area contributed by atoms with Gasteiger partial charge in [0.1, 0.15) is 12.4 Å². The van der Waals surface area contributed by atoms with Crippen LogP contribution in [-0.2, 0) is 9.57 Å². The number of ether oxygens (including phenoxy) is 2. The van der Waals surface area contributed by atoms with E-state index < -0.39 is 12.4 Å². The van der Waals surface area contributed by atoms with E-state index in [2.05, 4.69) is 49.8 Å². The summed E-state index contributed by atoms with van der Waals surface area (Å²) in [5, 5.41) is 15.6. The first-order valence-electron chi connectivity index (χ1n) is 15.4. The summed E-state index contributed by atoms with van der Waals surface area (Å²) in [4.78, 5) is 31.6. The van der Waals surface area contributed by atoms with Crippen molar-refractivity contribution in [3.05, 3.63) is 83.4 Å². The molecule has 2 heterocycles. The van der Waals surface area contributed by atoms with Crippen LogP contribution in [0.15, 0.2) is 72.3 Å². The van der Waals surface area contributed by atoms with Gasteiger partial charge in [-0.25, -0.2) is 15.1 Å². The van der Waals surface area contributed by atoms with E-state index in [1.165, 1.54) is 0 Å². The summed E-state index contributed by atoms with van der Waals surface area (Å²) in [6, 6.07) is 21.3. The molecule has 3 atom stereocenters. The molecule has 0 bridgehead atoms. The van der Waals surface area contributed by atoms with Crippen molar-refractivity contribution in [1.82, 2.24) is 15.7 Å². The first-order valence-corrected chi connectivity index (χ1v) is 15.4. The van der Waals surface area contributed by atoms with E-state index in [4.69, 9.17) is 14.3 Å². The minimum atomic E-state index is -0.884. The van der Waals surface area contributed by atoms with Crippen molar-refractivity contribution in [3.63, 3.8) is 0 Å². The molecule has 0 spiro atoms. The highest BCUT2D eigenvalue weighted by molar-refractivity contribution is 5.93. The number of benzene rings is 3. The smallest absolute Gasteiger partial charge is 0.407 e. The molecule has 3 N–H and O–H groups in total. The Morgan fingerprint density at radius 2 is 1.80 bits per heavy atom. The molecular formula is C35H43N3O6. The van der Waals surface area contributed by atoms with Crippen LogP contribution in [0, 0.1) is 5.41 Å². The number of nitrogens with one attached hydrogen (secondary N) is 2. The maximum Gasteiger partial charge on any atom is 0.407 e. The Labute approximate surface area is 259 Å². The van der Waals surface area contributed by atoms with E-state index in [9.17, 15) is 14.7 Å². The van der Waals surface area contributed by atoms with Crippen LogP contribution in [0.3, 0.4) is 0 Å². The molecule has 3 unspecified atom stereocenters. The number of carboxylic acid groups (broad SMARTS) is 1. The van der Waals surface area contributed by atoms with E-state index in [-0.39, 0.29) is 23.4 Å². The van der Waals surface area contributed by atoms with Gasteiger partial charge in [0.15, 0.2) is 6.29 Å². The van der Waals surface area contributed by atoms with E-state index in [0.717, 1.165) is 53.3 Å². The first-order chi connectivity index (χ1) is 21.2. The summed E-state index contributed by atoms with van der Waals surface area (Å²) < 4.78 is 11.9. The highest BCUT2D eigenvalue weighted by Gasteiger charge is 2.43. The number of hydroxylamine groups is 1. The van der Waals surface area contributed by atoms with Gasteiger partial charge in [0.25, 0.3) is 5.91 Å². The lowest BCUT2D eigenvalue weighted by atomic mass is 9.82. The van der Waals surface area contributed by atoms with Gasteiger partial charge in [-0.05, 0) is 59.4 Å². The van der Waals surface area contributed by atoms with Crippen LogP contribution in [0.25, 0.3) is 16.8 Å². The molecule has 0 aromatic heterocycles. The maximum absolute atomic E-state index is 12.6. The summed E-state index contributed by atoms with van der Waals surface area (Å²) in [5.74, 6) is 0.474. The van der Waals surface area contributed by atoms with Crippen LogP contribution in [0.5, 0.6) is 5.75 Å². The van der Waals surface area contributed by atoms with Gasteiger partial charge < -0.3 is 24.8 Å². The molecule has 2 saturated heterocycles. The quantitative estimate of drug-likeness (QED) is 0.236. The molecule has 2 amide bonds. The van der Waals surface area contributed by atoms with Gasteiger partial charge in [0.2, 0.25) is 0 Å². The fraction of sp³-hybridized carbons (Fsp3) is 0.429. The highest BCUT2D eigenvalue weighted by Crippen LogP contribution is 2.33. The Balaban J connectivity index is 1.31. The van der Waals surface area contributed by atoms with Crippen molar-refractivity contribution in [1.29, 1.82) is 0 Å². The Bertz CT molecular complexity index is 1450. The normalized spacial score (nSPS) is 20.9. The second kappa shape index (κ2) is 14.2. The monoisotopic (exact) mass is 601 g/mol. The standard InChI is InChI=1S/C35H43N3O6/c1-35(2,3)32-29(18-19-38(32)34(40)41)36-22-25(23-43-30-12-8-10-26-9-4-5-11-28(26)30)21-24-14-16-27(17-15-24)33(39)37-44-31-13-6-7-20-42-31/h4-5,8-12,14-17,21,29,31-32,36H,6-7,13,18-20,22-23H2,1-3H3,(H,37,39)(H,40,41)/b25-21-. The number of nitrogens with zero attached hydrogens (tertiary/aromatic N) is 1. The molecule has 5 rings (SSSR count). The number of hydrogen-bond acceptors (Lipinski definition) is 6. The fourth-order valence-corrected chi connectivity index (χ4v) is 6.14. The predicted molar refractivity (Wildman–Crippen MR) is 170 cm³/mol. The molecule has 2 fully saturated rings. The number of amides is 2. The van der Waals surface area contributed by atoms with Gasteiger partial charge >= 0.3 is 6.09 Å². The van der Waals surface area contributed by atoms with Crippen LogP contribution < -0.4 is 15.5 Å². The van der Waals surface area contributed by atoms with Crippen molar-refractivity contribution < 1.29 is 29.0 Å². The predicted octanol–water partition coefficient (Wildman–Crippen LogP) is 6.25. The van der Waals surface area contributed by atoms with Crippen molar-refractivity contribution in [2.45, 2.75) is 64.8 Å². The van der Waals surface area contributed by atoms with Gasteiger partial charge in [0.05, 0.1) is 6.04 Å². The largest absolute Gasteiger partial charge is 0.489 e.